The minimum absolute atomic E-state index is 0.412. The Bertz CT molecular complexity index is 595. The normalized spacial score (nSPS) is 10.2. The number of aryl methyl sites for hydroxylation is 1. The Morgan fingerprint density at radius 3 is 2.95 bits per heavy atom. The zero-order valence-corrected chi connectivity index (χ0v) is 11.6. The smallest absolute Gasteiger partial charge is 0.340 e. The van der Waals surface area contributed by atoms with Crippen LogP contribution in [0.2, 0.25) is 0 Å². The third-order valence-electron chi connectivity index (χ3n) is 2.55. The molecule has 0 aliphatic heterocycles. The van der Waals surface area contributed by atoms with E-state index in [1.807, 2.05) is 13.1 Å². The van der Waals surface area contributed by atoms with E-state index in [0.29, 0.717) is 23.5 Å². The molecule has 0 aliphatic carbocycles. The van der Waals surface area contributed by atoms with Crippen LogP contribution in [-0.2, 0) is 11.3 Å². The molecule has 6 heteroatoms. The quantitative estimate of drug-likeness (QED) is 0.663. The van der Waals surface area contributed by atoms with Crippen LogP contribution in [0.3, 0.4) is 0 Å². The number of esters is 1. The van der Waals surface area contributed by atoms with Gasteiger partial charge < -0.3 is 15.8 Å². The highest BCUT2D eigenvalue weighted by molar-refractivity contribution is 7.11. The molecule has 1 aromatic carbocycles. The van der Waals surface area contributed by atoms with Crippen molar-refractivity contribution in [1.29, 1.82) is 0 Å². The molecule has 0 spiro atoms. The molecule has 2 rings (SSSR count). The van der Waals surface area contributed by atoms with Crippen LogP contribution in [0.4, 0.5) is 11.4 Å². The number of nitrogens with two attached hydrogens (primary N) is 1. The maximum absolute atomic E-state index is 11.7. The molecule has 1 heterocycles. The van der Waals surface area contributed by atoms with Gasteiger partial charge in [-0.05, 0) is 25.1 Å². The van der Waals surface area contributed by atoms with Crippen molar-refractivity contribution >= 4 is 28.7 Å². The number of benzene rings is 1. The number of carbonyl (C=O) groups is 1. The van der Waals surface area contributed by atoms with Crippen LogP contribution >= 0.6 is 11.3 Å². The third-order valence-corrected chi connectivity index (χ3v) is 3.46. The van der Waals surface area contributed by atoms with Gasteiger partial charge in [0.1, 0.15) is 5.01 Å². The summed E-state index contributed by atoms with van der Waals surface area (Å²) < 4.78 is 4.74. The average Bonchev–Trinajstić information content (AvgIpc) is 2.82. The fourth-order valence-corrected chi connectivity index (χ4v) is 2.38. The predicted molar refractivity (Wildman–Crippen MR) is 76.4 cm³/mol. The second kappa shape index (κ2) is 5.71. The summed E-state index contributed by atoms with van der Waals surface area (Å²) in [5.74, 6) is -0.412. The Labute approximate surface area is 115 Å². The molecule has 0 radical (unpaired) electrons. The molecule has 2 aromatic rings. The van der Waals surface area contributed by atoms with Gasteiger partial charge in [0, 0.05) is 22.4 Å². The molecule has 0 amide bonds. The van der Waals surface area contributed by atoms with E-state index in [4.69, 9.17) is 10.5 Å². The number of nitrogen functional groups attached to an aromatic ring is 1. The lowest BCUT2D eigenvalue weighted by Crippen LogP contribution is -2.08. The molecule has 3 N–H and O–H groups in total. The summed E-state index contributed by atoms with van der Waals surface area (Å²) in [5, 5.41) is 4.14. The van der Waals surface area contributed by atoms with Crippen molar-refractivity contribution < 1.29 is 9.53 Å². The molecule has 0 aliphatic rings. The minimum atomic E-state index is -0.412. The van der Waals surface area contributed by atoms with Crippen LogP contribution in [0.15, 0.2) is 24.4 Å². The van der Waals surface area contributed by atoms with E-state index in [0.717, 1.165) is 9.88 Å². The number of ether oxygens (including phenoxy) is 1. The van der Waals surface area contributed by atoms with Gasteiger partial charge in [-0.2, -0.15) is 0 Å². The Kier molecular flexibility index (Phi) is 4.01. The van der Waals surface area contributed by atoms with Crippen molar-refractivity contribution in [2.24, 2.45) is 0 Å². The van der Waals surface area contributed by atoms with Gasteiger partial charge in [-0.25, -0.2) is 9.78 Å². The summed E-state index contributed by atoms with van der Waals surface area (Å²) in [4.78, 5) is 17.1. The summed E-state index contributed by atoms with van der Waals surface area (Å²) in [6, 6.07) is 5.10. The van der Waals surface area contributed by atoms with Crippen molar-refractivity contribution in [3.63, 3.8) is 0 Å². The van der Waals surface area contributed by atoms with Crippen LogP contribution in [0.5, 0.6) is 0 Å². The maximum atomic E-state index is 11.7. The van der Waals surface area contributed by atoms with Crippen LogP contribution in [0.1, 0.15) is 20.2 Å². The number of aromatic nitrogens is 1. The SMILES string of the molecule is COC(=O)c1cc(N)ccc1NCc1ncc(C)s1. The fourth-order valence-electron chi connectivity index (χ4n) is 1.65. The van der Waals surface area contributed by atoms with E-state index in [9.17, 15) is 4.79 Å². The fraction of sp³-hybridized carbons (Fsp3) is 0.231. The largest absolute Gasteiger partial charge is 0.465 e. The summed E-state index contributed by atoms with van der Waals surface area (Å²) in [6.07, 6.45) is 1.83. The number of carbonyl (C=O) groups excluding carboxylic acids is 1. The Morgan fingerprint density at radius 1 is 1.53 bits per heavy atom. The van der Waals surface area contributed by atoms with Gasteiger partial charge in [0.2, 0.25) is 0 Å². The van der Waals surface area contributed by atoms with Gasteiger partial charge in [-0.15, -0.1) is 11.3 Å². The minimum Gasteiger partial charge on any atom is -0.465 e. The average molecular weight is 277 g/mol. The maximum Gasteiger partial charge on any atom is 0.340 e. The molecule has 0 saturated heterocycles. The summed E-state index contributed by atoms with van der Waals surface area (Å²) in [6.45, 7) is 2.57. The van der Waals surface area contributed by atoms with Crippen LogP contribution in [-0.4, -0.2) is 18.1 Å². The summed E-state index contributed by atoms with van der Waals surface area (Å²) >= 11 is 1.62. The zero-order valence-electron chi connectivity index (χ0n) is 10.8. The van der Waals surface area contributed by atoms with E-state index >= 15 is 0 Å². The van der Waals surface area contributed by atoms with Gasteiger partial charge >= 0.3 is 5.97 Å². The Hall–Kier alpha value is -2.08. The molecule has 0 atom stereocenters. The first-order valence-corrected chi connectivity index (χ1v) is 6.55. The first-order valence-electron chi connectivity index (χ1n) is 5.73. The molecule has 1 aromatic heterocycles. The van der Waals surface area contributed by atoms with Crippen molar-refractivity contribution in [3.05, 3.63) is 39.8 Å². The summed E-state index contributed by atoms with van der Waals surface area (Å²) in [5.41, 5.74) is 7.32. The summed E-state index contributed by atoms with van der Waals surface area (Å²) in [7, 11) is 1.35. The van der Waals surface area contributed by atoms with Crippen LogP contribution < -0.4 is 11.1 Å². The number of rotatable bonds is 4. The molecule has 0 unspecified atom stereocenters. The number of hydrogen-bond donors (Lipinski definition) is 2. The van der Waals surface area contributed by atoms with E-state index < -0.39 is 5.97 Å². The zero-order chi connectivity index (χ0) is 13.8. The third kappa shape index (κ3) is 3.23. The number of hydrogen-bond acceptors (Lipinski definition) is 6. The lowest BCUT2D eigenvalue weighted by atomic mass is 10.1. The van der Waals surface area contributed by atoms with Gasteiger partial charge in [-0.1, -0.05) is 0 Å². The van der Waals surface area contributed by atoms with Crippen LogP contribution in [0.25, 0.3) is 0 Å². The Morgan fingerprint density at radius 2 is 2.32 bits per heavy atom. The van der Waals surface area contributed by atoms with Crippen molar-refractivity contribution in [2.75, 3.05) is 18.2 Å². The number of nitrogens with one attached hydrogen (secondary N) is 1. The number of methoxy groups -OCH3 is 1. The standard InChI is InChI=1S/C13H15N3O2S/c1-8-6-16-12(19-8)7-15-11-4-3-9(14)5-10(11)13(17)18-2/h3-6,15H,7,14H2,1-2H3. The van der Waals surface area contributed by atoms with Gasteiger partial charge in [0.15, 0.2) is 0 Å². The number of nitrogens with zero attached hydrogens (tertiary/aromatic N) is 1. The van der Waals surface area contributed by atoms with Crippen molar-refractivity contribution in [1.82, 2.24) is 4.98 Å². The molecule has 19 heavy (non-hydrogen) atoms. The second-order valence-corrected chi connectivity index (χ2v) is 5.33. The number of anilines is 2. The second-order valence-electron chi connectivity index (χ2n) is 4.01. The van der Waals surface area contributed by atoms with Gasteiger partial charge in [0.05, 0.1) is 19.2 Å². The predicted octanol–water partition coefficient (Wildman–Crippen LogP) is 2.43. The highest BCUT2D eigenvalue weighted by Crippen LogP contribution is 2.21. The van der Waals surface area contributed by atoms with E-state index in [1.54, 1.807) is 29.5 Å². The lowest BCUT2D eigenvalue weighted by molar-refractivity contribution is 0.0602. The molecule has 0 bridgehead atoms. The molecule has 5 nitrogen and oxygen atoms in total. The monoisotopic (exact) mass is 277 g/mol. The van der Waals surface area contributed by atoms with Crippen molar-refractivity contribution in [3.8, 4) is 0 Å². The van der Waals surface area contributed by atoms with E-state index in [1.165, 1.54) is 7.11 Å². The van der Waals surface area contributed by atoms with Gasteiger partial charge in [0.25, 0.3) is 0 Å². The highest BCUT2D eigenvalue weighted by atomic mass is 32.1. The molecule has 0 saturated carbocycles. The first-order chi connectivity index (χ1) is 9.10. The van der Waals surface area contributed by atoms with Crippen LogP contribution in [0, 0.1) is 6.92 Å². The first kappa shape index (κ1) is 13.4. The van der Waals surface area contributed by atoms with Crippen molar-refractivity contribution in [2.45, 2.75) is 13.5 Å². The van der Waals surface area contributed by atoms with E-state index in [2.05, 4.69) is 10.3 Å². The molecule has 100 valence electrons. The molecule has 0 fully saturated rings. The van der Waals surface area contributed by atoms with E-state index in [-0.39, 0.29) is 0 Å². The lowest BCUT2D eigenvalue weighted by Gasteiger charge is -2.10. The molecular formula is C13H15N3O2S. The Balaban J connectivity index is 2.17. The topological polar surface area (TPSA) is 77.2 Å². The molecular weight excluding hydrogens is 262 g/mol. The highest BCUT2D eigenvalue weighted by Gasteiger charge is 2.12. The number of thiazole rings is 1. The van der Waals surface area contributed by atoms with Gasteiger partial charge in [-0.3, -0.25) is 0 Å².